The number of esters is 1. The molecule has 1 amide bonds. The minimum absolute atomic E-state index is 0.217. The highest BCUT2D eigenvalue weighted by Gasteiger charge is 2.43. The Hall–Kier alpha value is -3.78. The Kier molecular flexibility index (Phi) is 7.41. The van der Waals surface area contributed by atoms with Crippen molar-refractivity contribution in [1.82, 2.24) is 20.1 Å². The summed E-state index contributed by atoms with van der Waals surface area (Å²) in [5.41, 5.74) is 0.750. The zero-order valence-electron chi connectivity index (χ0n) is 19.2. The van der Waals surface area contributed by atoms with Crippen LogP contribution in [0, 0.1) is 0 Å². The van der Waals surface area contributed by atoms with E-state index in [-0.39, 0.29) is 17.5 Å². The minimum Gasteiger partial charge on any atom is -0.467 e. The molecule has 1 aromatic heterocycles. The van der Waals surface area contributed by atoms with E-state index < -0.39 is 11.5 Å². The van der Waals surface area contributed by atoms with Crippen molar-refractivity contribution < 1.29 is 19.1 Å². The van der Waals surface area contributed by atoms with Crippen molar-refractivity contribution in [2.75, 3.05) is 7.11 Å². The number of hydrogen-bond acceptors (Lipinski definition) is 6. The number of allylic oxidation sites excluding steroid dienone is 1. The molecule has 1 heterocycles. The van der Waals surface area contributed by atoms with Gasteiger partial charge in [0.15, 0.2) is 5.82 Å². The SMILES string of the molecule is COC(=O)C1(NC(=O)c2cccc(/C=C/Cn3ncnc3C(=O)c3ccc(Cl)cc3)c2)CCCC1. The van der Waals surface area contributed by atoms with E-state index in [1.807, 2.05) is 18.2 Å². The van der Waals surface area contributed by atoms with Crippen molar-refractivity contribution in [3.63, 3.8) is 0 Å². The average Bonchev–Trinajstić information content (AvgIpc) is 3.54. The lowest BCUT2D eigenvalue weighted by Crippen LogP contribution is -2.53. The number of carbonyl (C=O) groups is 3. The number of nitrogens with zero attached hydrogens (tertiary/aromatic N) is 3. The van der Waals surface area contributed by atoms with Crippen LogP contribution in [-0.2, 0) is 16.1 Å². The first kappa shape index (κ1) is 24.3. The Morgan fingerprint density at radius 1 is 1.11 bits per heavy atom. The molecule has 1 aliphatic carbocycles. The molecule has 1 aliphatic rings. The molecule has 0 saturated heterocycles. The molecule has 4 rings (SSSR count). The van der Waals surface area contributed by atoms with E-state index in [2.05, 4.69) is 15.4 Å². The van der Waals surface area contributed by atoms with Gasteiger partial charge in [-0.2, -0.15) is 5.10 Å². The van der Waals surface area contributed by atoms with Crippen molar-refractivity contribution in [2.24, 2.45) is 0 Å². The zero-order valence-corrected chi connectivity index (χ0v) is 20.0. The van der Waals surface area contributed by atoms with Gasteiger partial charge in [0.2, 0.25) is 5.78 Å². The first-order chi connectivity index (χ1) is 16.9. The number of ketones is 1. The Morgan fingerprint density at radius 3 is 2.57 bits per heavy atom. The van der Waals surface area contributed by atoms with Crippen LogP contribution in [0.3, 0.4) is 0 Å². The maximum atomic E-state index is 12.9. The Bertz CT molecular complexity index is 1260. The number of halogens is 1. The predicted octanol–water partition coefficient (Wildman–Crippen LogP) is 4.09. The van der Waals surface area contributed by atoms with E-state index in [0.29, 0.717) is 35.5 Å². The number of carbonyl (C=O) groups excluding carboxylic acids is 3. The highest BCUT2D eigenvalue weighted by molar-refractivity contribution is 6.30. The van der Waals surface area contributed by atoms with Gasteiger partial charge in [0.25, 0.3) is 5.91 Å². The fourth-order valence-corrected chi connectivity index (χ4v) is 4.35. The summed E-state index contributed by atoms with van der Waals surface area (Å²) < 4.78 is 6.44. The van der Waals surface area contributed by atoms with Crippen LogP contribution in [0.5, 0.6) is 0 Å². The maximum Gasteiger partial charge on any atom is 0.331 e. The molecule has 1 N–H and O–H groups in total. The molecule has 0 atom stereocenters. The van der Waals surface area contributed by atoms with Crippen molar-refractivity contribution >= 4 is 35.3 Å². The summed E-state index contributed by atoms with van der Waals surface area (Å²) in [7, 11) is 1.34. The summed E-state index contributed by atoms with van der Waals surface area (Å²) in [6.45, 7) is 0.316. The molecule has 0 radical (unpaired) electrons. The number of amides is 1. The molecule has 0 aliphatic heterocycles. The lowest BCUT2D eigenvalue weighted by atomic mass is 9.97. The molecule has 1 saturated carbocycles. The molecule has 180 valence electrons. The van der Waals surface area contributed by atoms with Gasteiger partial charge in [-0.15, -0.1) is 0 Å². The van der Waals surface area contributed by atoms with Gasteiger partial charge in [-0.3, -0.25) is 9.59 Å². The van der Waals surface area contributed by atoms with Gasteiger partial charge >= 0.3 is 5.97 Å². The minimum atomic E-state index is -0.961. The number of hydrogen-bond donors (Lipinski definition) is 1. The average molecular weight is 493 g/mol. The molecule has 1 fully saturated rings. The highest BCUT2D eigenvalue weighted by atomic mass is 35.5. The van der Waals surface area contributed by atoms with E-state index in [9.17, 15) is 14.4 Å². The van der Waals surface area contributed by atoms with Crippen LogP contribution in [0.15, 0.2) is 60.9 Å². The first-order valence-corrected chi connectivity index (χ1v) is 11.7. The highest BCUT2D eigenvalue weighted by Crippen LogP contribution is 2.31. The van der Waals surface area contributed by atoms with E-state index >= 15 is 0 Å². The summed E-state index contributed by atoms with van der Waals surface area (Å²) in [6.07, 6.45) is 7.87. The monoisotopic (exact) mass is 492 g/mol. The smallest absolute Gasteiger partial charge is 0.331 e. The summed E-state index contributed by atoms with van der Waals surface area (Å²) >= 11 is 5.90. The van der Waals surface area contributed by atoms with E-state index in [4.69, 9.17) is 16.3 Å². The van der Waals surface area contributed by atoms with E-state index in [1.54, 1.807) is 42.5 Å². The Morgan fingerprint density at radius 2 is 1.86 bits per heavy atom. The predicted molar refractivity (Wildman–Crippen MR) is 131 cm³/mol. The number of benzene rings is 2. The lowest BCUT2D eigenvalue weighted by Gasteiger charge is -2.27. The lowest BCUT2D eigenvalue weighted by molar-refractivity contribution is -0.148. The maximum absolute atomic E-state index is 12.9. The third-order valence-electron chi connectivity index (χ3n) is 6.05. The number of rotatable bonds is 8. The largest absolute Gasteiger partial charge is 0.467 e. The van der Waals surface area contributed by atoms with Crippen molar-refractivity contribution in [3.8, 4) is 0 Å². The summed E-state index contributed by atoms with van der Waals surface area (Å²) in [5, 5.41) is 7.59. The van der Waals surface area contributed by atoms with Crippen LogP contribution in [0.2, 0.25) is 5.02 Å². The molecule has 0 spiro atoms. The molecule has 9 heteroatoms. The second-order valence-electron chi connectivity index (χ2n) is 8.36. The number of aromatic nitrogens is 3. The van der Waals surface area contributed by atoms with Gasteiger partial charge in [0, 0.05) is 16.1 Å². The number of methoxy groups -OCH3 is 1. The van der Waals surface area contributed by atoms with Crippen LogP contribution in [0.4, 0.5) is 0 Å². The van der Waals surface area contributed by atoms with Crippen molar-refractivity contribution in [2.45, 2.75) is 37.8 Å². The molecule has 35 heavy (non-hydrogen) atoms. The second kappa shape index (κ2) is 10.7. The topological polar surface area (TPSA) is 103 Å². The normalized spacial score (nSPS) is 14.7. The number of ether oxygens (including phenoxy) is 1. The van der Waals surface area contributed by atoms with Gasteiger partial charge in [0.1, 0.15) is 11.9 Å². The Balaban J connectivity index is 1.44. The van der Waals surface area contributed by atoms with Crippen LogP contribution >= 0.6 is 11.6 Å². The van der Waals surface area contributed by atoms with Crippen LogP contribution in [0.1, 0.15) is 57.8 Å². The van der Waals surface area contributed by atoms with Crippen molar-refractivity contribution in [1.29, 1.82) is 0 Å². The Labute approximate surface area is 208 Å². The van der Waals surface area contributed by atoms with Crippen LogP contribution in [-0.4, -0.2) is 45.1 Å². The first-order valence-electron chi connectivity index (χ1n) is 11.3. The molecular formula is C26H25ClN4O4. The third-order valence-corrected chi connectivity index (χ3v) is 6.30. The summed E-state index contributed by atoms with van der Waals surface area (Å²) in [5.74, 6) is -0.761. The van der Waals surface area contributed by atoms with Gasteiger partial charge in [-0.05, 0) is 54.8 Å². The number of nitrogens with one attached hydrogen (secondary N) is 1. The molecule has 0 bridgehead atoms. The molecular weight excluding hydrogens is 468 g/mol. The van der Waals surface area contributed by atoms with Crippen molar-refractivity contribution in [3.05, 3.63) is 88.5 Å². The summed E-state index contributed by atoms with van der Waals surface area (Å²) in [4.78, 5) is 42.1. The van der Waals surface area contributed by atoms with Gasteiger partial charge in [-0.1, -0.05) is 48.7 Å². The second-order valence-corrected chi connectivity index (χ2v) is 8.80. The molecule has 0 unspecified atom stereocenters. The summed E-state index contributed by atoms with van der Waals surface area (Å²) in [6, 6.07) is 13.7. The third kappa shape index (κ3) is 5.49. The van der Waals surface area contributed by atoms with Crippen LogP contribution < -0.4 is 5.32 Å². The van der Waals surface area contributed by atoms with E-state index in [1.165, 1.54) is 18.1 Å². The molecule has 3 aromatic rings. The standard InChI is InChI=1S/C26H25ClN4O4/c1-35-25(34)26(13-2-3-14-26)30-24(33)20-8-4-6-18(16-20)7-5-15-31-23(28-17-29-31)22(32)19-9-11-21(27)12-10-19/h4-12,16-17H,2-3,13-15H2,1H3,(H,30,33)/b7-5+. The van der Waals surface area contributed by atoms with Gasteiger partial charge < -0.3 is 10.1 Å². The molecule has 2 aromatic carbocycles. The van der Waals surface area contributed by atoms with Gasteiger partial charge in [0.05, 0.1) is 13.7 Å². The van der Waals surface area contributed by atoms with E-state index in [0.717, 1.165) is 18.4 Å². The fraction of sp³-hybridized carbons (Fsp3) is 0.269. The fourth-order valence-electron chi connectivity index (χ4n) is 4.22. The zero-order chi connectivity index (χ0) is 24.8. The molecule has 8 nitrogen and oxygen atoms in total. The van der Waals surface area contributed by atoms with Gasteiger partial charge in [-0.25, -0.2) is 14.5 Å². The van der Waals surface area contributed by atoms with Crippen LogP contribution in [0.25, 0.3) is 6.08 Å². The quantitative estimate of drug-likeness (QED) is 0.375.